The molecule has 1 aromatic heterocycles. The number of halogens is 1. The molecule has 0 radical (unpaired) electrons. The van der Waals surface area contributed by atoms with Crippen molar-refractivity contribution in [3.05, 3.63) is 22.7 Å². The van der Waals surface area contributed by atoms with Crippen LogP contribution >= 0.6 is 62.8 Å². The summed E-state index contributed by atoms with van der Waals surface area (Å²) in [6, 6.07) is 1.34. The number of carbonyl (C=O) groups excluding carboxylic acids is 1. The molecule has 4 atom stereocenters. The maximum atomic E-state index is 15.8. The molecule has 4 N–H and O–H groups in total. The van der Waals surface area contributed by atoms with Crippen LogP contribution in [-0.2, 0) is 27.6 Å². The summed E-state index contributed by atoms with van der Waals surface area (Å²) in [6.45, 7) is 4.51. The predicted molar refractivity (Wildman–Crippen MR) is 169 cm³/mol. The van der Waals surface area contributed by atoms with Gasteiger partial charge < -0.3 is 25.4 Å². The van der Waals surface area contributed by atoms with Crippen molar-refractivity contribution in [1.82, 2.24) is 9.55 Å². The van der Waals surface area contributed by atoms with E-state index in [1.807, 2.05) is 0 Å². The summed E-state index contributed by atoms with van der Waals surface area (Å²) in [4.78, 5) is 28.5. The van der Waals surface area contributed by atoms with Crippen molar-refractivity contribution in [2.24, 2.45) is 0 Å². The van der Waals surface area contributed by atoms with Crippen LogP contribution in [0.1, 0.15) is 26.1 Å². The van der Waals surface area contributed by atoms with Crippen molar-refractivity contribution in [2.75, 3.05) is 61.8 Å². The van der Waals surface area contributed by atoms with E-state index in [9.17, 15) is 14.2 Å². The summed E-state index contributed by atoms with van der Waals surface area (Å²) in [7, 11) is 1.50. The highest BCUT2D eigenvalue weighted by molar-refractivity contribution is 8.77. The quantitative estimate of drug-likeness (QED) is 0.0809. The first-order valence-corrected chi connectivity index (χ1v) is 20.0. The number of phosphoric acid groups is 1. The number of nitrogen functional groups attached to an aromatic ring is 1. The Morgan fingerprint density at radius 1 is 1.10 bits per heavy atom. The molecule has 1 aliphatic rings. The Morgan fingerprint density at radius 2 is 1.67 bits per heavy atom. The summed E-state index contributed by atoms with van der Waals surface area (Å²) in [6.07, 6.45) is -3.16. The molecule has 1 saturated heterocycles. The number of aliphatic hydroxyl groups is 2. The molecule has 1 aromatic rings. The van der Waals surface area contributed by atoms with Gasteiger partial charge in [-0.15, -0.1) is 11.8 Å². The molecule has 0 aliphatic carbocycles. The second kappa shape index (κ2) is 19.2. The molecule has 0 aromatic carbocycles. The maximum Gasteiger partial charge on any atom is 0.509 e. The van der Waals surface area contributed by atoms with E-state index in [1.54, 1.807) is 20.8 Å². The molecule has 20 heteroatoms. The summed E-state index contributed by atoms with van der Waals surface area (Å²) < 4.78 is 57.4. The van der Waals surface area contributed by atoms with Gasteiger partial charge in [0.05, 0.1) is 38.3 Å². The van der Waals surface area contributed by atoms with Crippen LogP contribution in [0.5, 0.6) is 0 Å². The first kappa shape index (κ1) is 37.8. The Kier molecular flexibility index (Phi) is 17.3. The Morgan fingerprint density at radius 3 is 2.19 bits per heavy atom. The van der Waals surface area contributed by atoms with Crippen molar-refractivity contribution in [1.29, 1.82) is 0 Å². The van der Waals surface area contributed by atoms with Gasteiger partial charge in [0.15, 0.2) is 12.3 Å². The molecule has 42 heavy (non-hydrogen) atoms. The molecule has 2 heterocycles. The van der Waals surface area contributed by atoms with Crippen molar-refractivity contribution in [2.45, 2.75) is 49.3 Å². The lowest BCUT2D eigenvalue weighted by Gasteiger charge is -2.25. The van der Waals surface area contributed by atoms with Crippen molar-refractivity contribution >= 4 is 74.7 Å². The van der Waals surface area contributed by atoms with E-state index in [1.165, 1.54) is 55.4 Å². The number of nitrogens with zero attached hydrogens (tertiary/aromatic N) is 2. The smallest absolute Gasteiger partial charge is 0.429 e. The van der Waals surface area contributed by atoms with Gasteiger partial charge in [-0.2, -0.15) is 4.98 Å². The van der Waals surface area contributed by atoms with Crippen LogP contribution in [0.3, 0.4) is 0 Å². The number of phosphoric ester groups is 1. The average molecular weight is 714 g/mol. The van der Waals surface area contributed by atoms with E-state index in [-0.39, 0.29) is 32.2 Å². The molecule has 1 aliphatic heterocycles. The van der Waals surface area contributed by atoms with Gasteiger partial charge in [-0.05, 0) is 26.8 Å². The second-order valence-corrected chi connectivity index (χ2v) is 17.7. The molecule has 2 rings (SSSR count). The molecule has 0 saturated carbocycles. The van der Waals surface area contributed by atoms with Crippen LogP contribution < -0.4 is 11.4 Å². The lowest BCUT2D eigenvalue weighted by molar-refractivity contribution is -0.0461. The predicted octanol–water partition coefficient (Wildman–Crippen LogP) is 4.00. The molecule has 13 nitrogen and oxygen atoms in total. The fourth-order valence-electron chi connectivity index (χ4n) is 3.15. The van der Waals surface area contributed by atoms with Crippen LogP contribution in [0.25, 0.3) is 0 Å². The molecule has 1 fully saturated rings. The lowest BCUT2D eigenvalue weighted by Crippen LogP contribution is -2.38. The minimum atomic E-state index is -4.15. The van der Waals surface area contributed by atoms with Gasteiger partial charge >= 0.3 is 19.7 Å². The maximum absolute atomic E-state index is 15.8. The fourth-order valence-corrected chi connectivity index (χ4v) is 9.35. The third-order valence-electron chi connectivity index (χ3n) is 4.76. The van der Waals surface area contributed by atoms with Gasteiger partial charge in [0.1, 0.15) is 16.8 Å². The van der Waals surface area contributed by atoms with Gasteiger partial charge in [0.2, 0.25) is 0 Å². The van der Waals surface area contributed by atoms with Gasteiger partial charge in [0.25, 0.3) is 0 Å². The second-order valence-electron chi connectivity index (χ2n) is 9.24. The minimum Gasteiger partial charge on any atom is -0.429 e. The standard InChI is InChI=1S/C22H37FN3O10PS5/c1-22(2,3)36-21(30)35-18-15(42-19(17(18)23)26-5-4-16(24)25-20(26)29)14-34-37(31,32-8-12-40-38-10-6-27)33-9-13-41-39-11-7-28/h4-5,15,17-19,27-28H,6-14H2,1-3H3,(H2,24,25,29)/t15-,17+,18-,19-/m1/s1. The number of alkyl halides is 1. The molecule has 0 spiro atoms. The zero-order chi connectivity index (χ0) is 31.2. The number of ether oxygens (including phenoxy) is 2. The minimum absolute atomic E-state index is 0.00326. The average Bonchev–Trinajstić information content (AvgIpc) is 3.20. The Labute approximate surface area is 264 Å². The molecular formula is C22H37FN3O10PS5. The number of aromatic nitrogens is 2. The Balaban J connectivity index is 2.16. The van der Waals surface area contributed by atoms with Crippen LogP contribution in [0.2, 0.25) is 0 Å². The number of hydrogen-bond acceptors (Lipinski definition) is 17. The fraction of sp³-hybridized carbons (Fsp3) is 0.773. The van der Waals surface area contributed by atoms with Crippen LogP contribution in [0.15, 0.2) is 17.1 Å². The number of aliphatic hydroxyl groups excluding tert-OH is 2. The molecular weight excluding hydrogens is 677 g/mol. The zero-order valence-electron chi connectivity index (χ0n) is 23.3. The number of rotatable bonds is 19. The third kappa shape index (κ3) is 13.7. The van der Waals surface area contributed by atoms with Crippen molar-refractivity contribution < 1.29 is 47.0 Å². The highest BCUT2D eigenvalue weighted by atomic mass is 33.1. The van der Waals surface area contributed by atoms with E-state index in [4.69, 9.17) is 39.0 Å². The van der Waals surface area contributed by atoms with E-state index >= 15 is 4.39 Å². The zero-order valence-corrected chi connectivity index (χ0v) is 28.3. The van der Waals surface area contributed by atoms with Gasteiger partial charge in [-0.3, -0.25) is 18.1 Å². The molecule has 0 unspecified atom stereocenters. The summed E-state index contributed by atoms with van der Waals surface area (Å²) in [5.74, 6) is 1.86. The van der Waals surface area contributed by atoms with E-state index < -0.39 is 54.8 Å². The molecule has 242 valence electrons. The van der Waals surface area contributed by atoms with Gasteiger partial charge in [0, 0.05) is 29.2 Å². The third-order valence-corrected chi connectivity index (χ3v) is 12.4. The SMILES string of the molecule is CC(C)(C)OC(=O)O[C@H]1[C@H](F)[C@H](n2ccc(N)nc2=O)S[C@@H]1COP(=O)(OCCSSCCO)OCCSSCCO. The number of carbonyl (C=O) groups is 1. The van der Waals surface area contributed by atoms with E-state index in [2.05, 4.69) is 4.98 Å². The highest BCUT2D eigenvalue weighted by Crippen LogP contribution is 2.52. The number of hydrogen-bond donors (Lipinski definition) is 3. The van der Waals surface area contributed by atoms with Gasteiger partial charge in [-0.1, -0.05) is 43.2 Å². The van der Waals surface area contributed by atoms with Crippen molar-refractivity contribution in [3.8, 4) is 0 Å². The van der Waals surface area contributed by atoms with Crippen LogP contribution in [-0.4, -0.2) is 105 Å². The summed E-state index contributed by atoms with van der Waals surface area (Å²) in [5.41, 5.74) is 3.87. The summed E-state index contributed by atoms with van der Waals surface area (Å²) in [5, 5.41) is 15.7. The van der Waals surface area contributed by atoms with E-state index in [0.717, 1.165) is 16.3 Å². The Hall–Kier alpha value is -0.340. The lowest BCUT2D eigenvalue weighted by atomic mass is 10.1. The molecule has 0 amide bonds. The number of thioether (sulfide) groups is 1. The molecule has 0 bridgehead atoms. The van der Waals surface area contributed by atoms with Crippen LogP contribution in [0.4, 0.5) is 15.0 Å². The number of anilines is 1. The van der Waals surface area contributed by atoms with Gasteiger partial charge in [-0.25, -0.2) is 18.5 Å². The monoisotopic (exact) mass is 713 g/mol. The normalized spacial score (nSPS) is 21.0. The highest BCUT2D eigenvalue weighted by Gasteiger charge is 2.50. The number of nitrogens with two attached hydrogens (primary N) is 1. The largest absolute Gasteiger partial charge is 0.509 e. The van der Waals surface area contributed by atoms with Crippen LogP contribution in [0, 0.1) is 0 Å². The summed E-state index contributed by atoms with van der Waals surface area (Å²) >= 11 is 0.930. The van der Waals surface area contributed by atoms with Crippen molar-refractivity contribution in [3.63, 3.8) is 0 Å². The Bertz CT molecular complexity index is 1050. The first-order valence-electron chi connectivity index (χ1n) is 12.7. The topological polar surface area (TPSA) is 182 Å². The van der Waals surface area contributed by atoms with E-state index in [0.29, 0.717) is 23.0 Å². The first-order chi connectivity index (χ1) is 19.9.